The van der Waals surface area contributed by atoms with Gasteiger partial charge in [0.05, 0.1) is 9.79 Å². The Bertz CT molecular complexity index is 1600. The number of nitrogens with two attached hydrogens (primary N) is 2. The van der Waals surface area contributed by atoms with Crippen molar-refractivity contribution in [1.82, 2.24) is 19.9 Å². The van der Waals surface area contributed by atoms with E-state index in [4.69, 9.17) is 34.7 Å². The molecule has 0 saturated heterocycles. The fraction of sp³-hybridized carbons (Fsp3) is 0.412. The van der Waals surface area contributed by atoms with Gasteiger partial charge in [-0.25, -0.2) is 9.97 Å². The van der Waals surface area contributed by atoms with Crippen LogP contribution >= 0.6 is 46.7 Å². The van der Waals surface area contributed by atoms with Gasteiger partial charge in [-0.2, -0.15) is 9.97 Å². The van der Waals surface area contributed by atoms with E-state index in [9.17, 15) is 10.2 Å². The minimum atomic E-state index is 0.247. The van der Waals surface area contributed by atoms with Crippen molar-refractivity contribution >= 4 is 70.3 Å². The van der Waals surface area contributed by atoms with E-state index in [1.807, 2.05) is 48.5 Å². The number of benzene rings is 2. The summed E-state index contributed by atoms with van der Waals surface area (Å²) in [5.41, 5.74) is 11.5. The Morgan fingerprint density at radius 1 is 0.646 bits per heavy atom. The number of nitrogen functional groups attached to an aromatic ring is 2. The maximum atomic E-state index is 9.40. The van der Waals surface area contributed by atoms with E-state index in [1.165, 1.54) is 0 Å². The summed E-state index contributed by atoms with van der Waals surface area (Å²) in [6.07, 6.45) is 11.9. The molecule has 14 heteroatoms. The molecule has 256 valence electrons. The molecule has 2 aromatic heterocycles. The van der Waals surface area contributed by atoms with E-state index >= 15 is 0 Å². The van der Waals surface area contributed by atoms with Crippen molar-refractivity contribution in [3.63, 3.8) is 0 Å². The van der Waals surface area contributed by atoms with Gasteiger partial charge >= 0.3 is 0 Å². The summed E-state index contributed by atoms with van der Waals surface area (Å²) in [6.45, 7) is 0.529. The first-order valence-electron chi connectivity index (χ1n) is 16.1. The first-order chi connectivity index (χ1) is 23.3. The summed E-state index contributed by atoms with van der Waals surface area (Å²) in [4.78, 5) is 21.0. The SMILES string of the molecule is Nc1ncc(Sc2ccc(Cl)cc2)c(N[C@H]2CCC[C@H](CO)C2)n1.Nc1ncc(Sc2ccc(Cl)cc2)c(N[C@H]2CC[C@@H](CO)CC2)n1. The van der Waals surface area contributed by atoms with E-state index in [0.29, 0.717) is 34.0 Å². The smallest absolute Gasteiger partial charge is 0.221 e. The van der Waals surface area contributed by atoms with Crippen LogP contribution < -0.4 is 22.1 Å². The second kappa shape index (κ2) is 18.1. The molecule has 10 nitrogen and oxygen atoms in total. The van der Waals surface area contributed by atoms with Crippen LogP contribution in [0.15, 0.2) is 80.5 Å². The average molecular weight is 730 g/mol. The lowest BCUT2D eigenvalue weighted by molar-refractivity contribution is 0.184. The van der Waals surface area contributed by atoms with Gasteiger partial charge in [0, 0.05) is 57.5 Å². The van der Waals surface area contributed by atoms with Crippen molar-refractivity contribution in [2.24, 2.45) is 11.8 Å². The summed E-state index contributed by atoms with van der Waals surface area (Å²) in [6, 6.07) is 16.0. The second-order valence-corrected chi connectivity index (χ2v) is 15.2. The molecular weight excluding hydrogens is 687 g/mol. The Kier molecular flexibility index (Phi) is 13.7. The number of aliphatic hydroxyl groups excluding tert-OH is 2. The third kappa shape index (κ3) is 11.0. The van der Waals surface area contributed by atoms with Crippen LogP contribution in [-0.4, -0.2) is 55.4 Å². The van der Waals surface area contributed by atoms with Gasteiger partial charge in [-0.3, -0.25) is 0 Å². The van der Waals surface area contributed by atoms with Crippen LogP contribution in [0, 0.1) is 11.8 Å². The highest BCUT2D eigenvalue weighted by Crippen LogP contribution is 2.36. The van der Waals surface area contributed by atoms with Crippen LogP contribution in [0.1, 0.15) is 51.4 Å². The number of aromatic nitrogens is 4. The largest absolute Gasteiger partial charge is 0.396 e. The molecule has 0 radical (unpaired) electrons. The molecule has 2 aromatic carbocycles. The molecule has 8 N–H and O–H groups in total. The van der Waals surface area contributed by atoms with Crippen LogP contribution in [0.3, 0.4) is 0 Å². The van der Waals surface area contributed by atoms with Crippen molar-refractivity contribution in [3.05, 3.63) is 71.0 Å². The molecule has 2 aliphatic rings. The molecule has 0 spiro atoms. The van der Waals surface area contributed by atoms with Crippen LogP contribution in [0.4, 0.5) is 23.5 Å². The molecule has 6 rings (SSSR count). The molecule has 2 fully saturated rings. The van der Waals surface area contributed by atoms with Gasteiger partial charge in [-0.05, 0) is 105 Å². The molecule has 0 bridgehead atoms. The van der Waals surface area contributed by atoms with Crippen molar-refractivity contribution in [2.75, 3.05) is 35.3 Å². The lowest BCUT2D eigenvalue weighted by atomic mass is 9.86. The lowest BCUT2D eigenvalue weighted by Crippen LogP contribution is -2.29. The van der Waals surface area contributed by atoms with Gasteiger partial charge in [-0.15, -0.1) is 0 Å². The molecule has 0 aliphatic heterocycles. The number of nitrogens with zero attached hydrogens (tertiary/aromatic N) is 4. The van der Waals surface area contributed by atoms with Crippen LogP contribution in [-0.2, 0) is 0 Å². The summed E-state index contributed by atoms with van der Waals surface area (Å²) in [7, 11) is 0. The molecule has 4 aromatic rings. The quantitative estimate of drug-likeness (QED) is 0.0945. The predicted octanol–water partition coefficient (Wildman–Crippen LogP) is 7.65. The standard InChI is InChI=1S/2C17H21ClN4OS/c18-12-3-7-14(8-4-12)24-15-9-20-17(19)22-16(15)21-13-5-1-11(10-23)2-6-13;18-12-4-6-14(7-5-12)24-15-9-20-17(19)22-16(15)21-13-3-1-2-11(8-13)10-23/h3-4,7-9,11,13,23H,1-2,5-6,10H2,(H3,19,20,21,22);4-7,9,11,13,23H,1-3,8,10H2,(H3,19,20,21,22)/t11-,13+;11-,13-/m.0/s1. The van der Waals surface area contributed by atoms with Gasteiger partial charge in [0.2, 0.25) is 11.9 Å². The zero-order chi connectivity index (χ0) is 33.9. The van der Waals surface area contributed by atoms with Crippen molar-refractivity contribution in [1.29, 1.82) is 0 Å². The van der Waals surface area contributed by atoms with E-state index in [1.54, 1.807) is 35.9 Å². The molecule has 0 amide bonds. The van der Waals surface area contributed by atoms with Gasteiger partial charge in [0.25, 0.3) is 0 Å². The van der Waals surface area contributed by atoms with Gasteiger partial charge in [-0.1, -0.05) is 53.1 Å². The Labute approximate surface area is 300 Å². The maximum Gasteiger partial charge on any atom is 0.221 e. The molecule has 0 unspecified atom stereocenters. The molecule has 48 heavy (non-hydrogen) atoms. The Balaban J connectivity index is 0.000000188. The molecular formula is C34H42Cl2N8O2S2. The zero-order valence-electron chi connectivity index (χ0n) is 26.6. The summed E-state index contributed by atoms with van der Waals surface area (Å²) >= 11 is 15.0. The predicted molar refractivity (Wildman–Crippen MR) is 197 cm³/mol. The van der Waals surface area contributed by atoms with E-state index in [-0.39, 0.29) is 25.1 Å². The highest BCUT2D eigenvalue weighted by molar-refractivity contribution is 7.99. The van der Waals surface area contributed by atoms with Crippen molar-refractivity contribution < 1.29 is 10.2 Å². The Hall–Kier alpha value is -3.00. The fourth-order valence-corrected chi connectivity index (χ4v) is 7.77. The first kappa shape index (κ1) is 36.3. The number of rotatable bonds is 10. The van der Waals surface area contributed by atoms with E-state index < -0.39 is 0 Å². The number of nitrogens with one attached hydrogen (secondary N) is 2. The minimum Gasteiger partial charge on any atom is -0.396 e. The van der Waals surface area contributed by atoms with E-state index in [2.05, 4.69) is 30.6 Å². The third-order valence-corrected chi connectivity index (χ3v) is 11.0. The summed E-state index contributed by atoms with van der Waals surface area (Å²) in [5.74, 6) is 2.85. The van der Waals surface area contributed by atoms with Crippen molar-refractivity contribution in [3.8, 4) is 0 Å². The lowest BCUT2D eigenvalue weighted by Gasteiger charge is -2.29. The highest BCUT2D eigenvalue weighted by atomic mass is 35.5. The fourth-order valence-electron chi connectivity index (χ4n) is 5.85. The number of hydrogen-bond acceptors (Lipinski definition) is 12. The summed E-state index contributed by atoms with van der Waals surface area (Å²) < 4.78 is 0. The van der Waals surface area contributed by atoms with Crippen molar-refractivity contribution in [2.45, 2.75) is 83.0 Å². The molecule has 2 saturated carbocycles. The Morgan fingerprint density at radius 3 is 1.60 bits per heavy atom. The normalized spacial score (nSPS) is 20.8. The highest BCUT2D eigenvalue weighted by Gasteiger charge is 2.24. The van der Waals surface area contributed by atoms with Crippen LogP contribution in [0.2, 0.25) is 10.0 Å². The van der Waals surface area contributed by atoms with Gasteiger partial charge < -0.3 is 32.3 Å². The zero-order valence-corrected chi connectivity index (χ0v) is 29.7. The minimum absolute atomic E-state index is 0.247. The third-order valence-electron chi connectivity index (χ3n) is 8.46. The first-order valence-corrected chi connectivity index (χ1v) is 18.5. The number of hydrogen-bond donors (Lipinski definition) is 6. The summed E-state index contributed by atoms with van der Waals surface area (Å²) in [5, 5.41) is 27.1. The van der Waals surface area contributed by atoms with E-state index in [0.717, 1.165) is 82.6 Å². The molecule has 2 atom stereocenters. The monoisotopic (exact) mass is 728 g/mol. The Morgan fingerprint density at radius 2 is 1.12 bits per heavy atom. The van der Waals surface area contributed by atoms with Gasteiger partial charge in [0.1, 0.15) is 11.6 Å². The number of anilines is 4. The van der Waals surface area contributed by atoms with Gasteiger partial charge in [0.15, 0.2) is 0 Å². The maximum absolute atomic E-state index is 9.40. The number of aliphatic hydroxyl groups is 2. The molecule has 2 heterocycles. The molecule has 2 aliphatic carbocycles. The van der Waals surface area contributed by atoms with Crippen LogP contribution in [0.25, 0.3) is 0 Å². The van der Waals surface area contributed by atoms with Crippen LogP contribution in [0.5, 0.6) is 0 Å². The number of halogens is 2. The average Bonchev–Trinajstić information content (AvgIpc) is 3.10. The topological polar surface area (TPSA) is 168 Å². The second-order valence-electron chi connectivity index (χ2n) is 12.1.